The van der Waals surface area contributed by atoms with E-state index in [-0.39, 0.29) is 12.2 Å². The summed E-state index contributed by atoms with van der Waals surface area (Å²) in [6, 6.07) is 0. The Morgan fingerprint density at radius 3 is 2.63 bits per heavy atom. The number of aliphatic hydroxyl groups is 2. The summed E-state index contributed by atoms with van der Waals surface area (Å²) in [5.74, 6) is 3.60. The topological polar surface area (TPSA) is 40.5 Å². The SMILES string of the molecule is CCC[C@@H](O)[C@@H](C)C1CCC2C3CC=C4C[C@@H](O)CC[C@]4(C)C3CC[C@@]21C. The Bertz CT molecular complexity index is 583. The first-order valence-electron chi connectivity index (χ1n) is 11.9. The summed E-state index contributed by atoms with van der Waals surface area (Å²) in [6.07, 6.45) is 14.1. The molecule has 2 N–H and O–H groups in total. The van der Waals surface area contributed by atoms with E-state index < -0.39 is 0 Å². The number of allylic oxidation sites excluding steroid dienone is 1. The smallest absolute Gasteiger partial charge is 0.0577 e. The molecule has 0 amide bonds. The lowest BCUT2D eigenvalue weighted by Gasteiger charge is -2.58. The van der Waals surface area contributed by atoms with Crippen LogP contribution >= 0.6 is 0 Å². The molecule has 0 aromatic carbocycles. The summed E-state index contributed by atoms with van der Waals surface area (Å²) < 4.78 is 0. The van der Waals surface area contributed by atoms with Crippen LogP contribution in [0.2, 0.25) is 0 Å². The maximum Gasteiger partial charge on any atom is 0.0577 e. The van der Waals surface area contributed by atoms with Crippen molar-refractivity contribution in [3.8, 4) is 0 Å². The van der Waals surface area contributed by atoms with Crippen molar-refractivity contribution in [3.63, 3.8) is 0 Å². The summed E-state index contributed by atoms with van der Waals surface area (Å²) in [7, 11) is 0. The highest BCUT2D eigenvalue weighted by Gasteiger charge is 2.59. The molecular formula is C25H42O2. The second-order valence-corrected chi connectivity index (χ2v) is 11.1. The van der Waals surface area contributed by atoms with Gasteiger partial charge >= 0.3 is 0 Å². The molecule has 4 aliphatic rings. The molecule has 0 heterocycles. The first kappa shape index (κ1) is 20.0. The zero-order valence-corrected chi connectivity index (χ0v) is 18.1. The molecule has 0 aromatic rings. The van der Waals surface area contributed by atoms with Gasteiger partial charge in [0.1, 0.15) is 0 Å². The second-order valence-electron chi connectivity index (χ2n) is 11.1. The van der Waals surface area contributed by atoms with Crippen molar-refractivity contribution in [2.45, 2.75) is 104 Å². The fourth-order valence-electron chi connectivity index (χ4n) is 8.37. The number of fused-ring (bicyclic) bond motifs is 5. The Morgan fingerprint density at radius 1 is 1.11 bits per heavy atom. The molecule has 4 aliphatic carbocycles. The lowest BCUT2D eigenvalue weighted by atomic mass is 9.47. The van der Waals surface area contributed by atoms with Gasteiger partial charge in [0.25, 0.3) is 0 Å². The fourth-order valence-corrected chi connectivity index (χ4v) is 8.37. The highest BCUT2D eigenvalue weighted by Crippen LogP contribution is 2.67. The lowest BCUT2D eigenvalue weighted by Crippen LogP contribution is -2.51. The van der Waals surface area contributed by atoms with Crippen LogP contribution in [0.3, 0.4) is 0 Å². The minimum atomic E-state index is -0.122. The van der Waals surface area contributed by atoms with Crippen molar-refractivity contribution in [2.75, 3.05) is 0 Å². The molecule has 27 heavy (non-hydrogen) atoms. The predicted octanol–water partition coefficient (Wildman–Crippen LogP) is 5.72. The monoisotopic (exact) mass is 374 g/mol. The van der Waals surface area contributed by atoms with Gasteiger partial charge in [-0.05, 0) is 98.2 Å². The number of aliphatic hydroxyl groups excluding tert-OH is 2. The van der Waals surface area contributed by atoms with Gasteiger partial charge in [-0.25, -0.2) is 0 Å². The van der Waals surface area contributed by atoms with Crippen molar-refractivity contribution in [1.29, 1.82) is 0 Å². The normalized spacial score (nSPS) is 48.8. The van der Waals surface area contributed by atoms with E-state index >= 15 is 0 Å². The van der Waals surface area contributed by atoms with Gasteiger partial charge in [-0.15, -0.1) is 0 Å². The van der Waals surface area contributed by atoms with E-state index in [4.69, 9.17) is 0 Å². The summed E-state index contributed by atoms with van der Waals surface area (Å²) >= 11 is 0. The van der Waals surface area contributed by atoms with Gasteiger partial charge in [0.2, 0.25) is 0 Å². The summed E-state index contributed by atoms with van der Waals surface area (Å²) in [4.78, 5) is 0. The van der Waals surface area contributed by atoms with Gasteiger partial charge in [-0.2, -0.15) is 0 Å². The lowest BCUT2D eigenvalue weighted by molar-refractivity contribution is -0.0678. The molecule has 154 valence electrons. The molecule has 0 saturated heterocycles. The van der Waals surface area contributed by atoms with Gasteiger partial charge in [0.15, 0.2) is 0 Å². The molecule has 0 bridgehead atoms. The first-order chi connectivity index (χ1) is 12.8. The quantitative estimate of drug-likeness (QED) is 0.618. The largest absolute Gasteiger partial charge is 0.393 e. The summed E-state index contributed by atoms with van der Waals surface area (Å²) in [6.45, 7) is 9.61. The molecule has 0 spiro atoms. The second kappa shape index (κ2) is 7.17. The first-order valence-corrected chi connectivity index (χ1v) is 11.9. The van der Waals surface area contributed by atoms with Crippen LogP contribution < -0.4 is 0 Å². The zero-order chi connectivity index (χ0) is 19.4. The van der Waals surface area contributed by atoms with Gasteiger partial charge in [0.05, 0.1) is 12.2 Å². The van der Waals surface area contributed by atoms with E-state index in [1.165, 1.54) is 38.5 Å². The van der Waals surface area contributed by atoms with Crippen LogP contribution in [0.15, 0.2) is 11.6 Å². The molecule has 3 fully saturated rings. The summed E-state index contributed by atoms with van der Waals surface area (Å²) in [5, 5.41) is 20.9. The van der Waals surface area contributed by atoms with Crippen LogP contribution in [0.5, 0.6) is 0 Å². The minimum Gasteiger partial charge on any atom is -0.393 e. The average Bonchev–Trinajstić information content (AvgIpc) is 2.99. The van der Waals surface area contributed by atoms with Crippen molar-refractivity contribution in [3.05, 3.63) is 11.6 Å². The predicted molar refractivity (Wildman–Crippen MR) is 111 cm³/mol. The molecule has 3 saturated carbocycles. The number of rotatable bonds is 4. The highest BCUT2D eigenvalue weighted by molar-refractivity contribution is 5.25. The average molecular weight is 375 g/mol. The molecule has 4 rings (SSSR count). The fraction of sp³-hybridized carbons (Fsp3) is 0.920. The molecular weight excluding hydrogens is 332 g/mol. The Labute approximate surface area is 166 Å². The number of hydrogen-bond acceptors (Lipinski definition) is 2. The van der Waals surface area contributed by atoms with Crippen molar-refractivity contribution >= 4 is 0 Å². The minimum absolute atomic E-state index is 0.105. The van der Waals surface area contributed by atoms with Crippen molar-refractivity contribution < 1.29 is 10.2 Å². The maximum atomic E-state index is 10.7. The Balaban J connectivity index is 1.57. The van der Waals surface area contributed by atoms with E-state index in [1.807, 2.05) is 0 Å². The molecule has 9 atom stereocenters. The van der Waals surface area contributed by atoms with Crippen LogP contribution in [0.25, 0.3) is 0 Å². The highest BCUT2D eigenvalue weighted by atomic mass is 16.3. The van der Waals surface area contributed by atoms with E-state index in [1.54, 1.807) is 5.57 Å². The Morgan fingerprint density at radius 2 is 1.89 bits per heavy atom. The van der Waals surface area contributed by atoms with Crippen LogP contribution in [0.1, 0.15) is 91.9 Å². The van der Waals surface area contributed by atoms with E-state index in [0.29, 0.717) is 22.7 Å². The molecule has 2 heteroatoms. The van der Waals surface area contributed by atoms with Crippen LogP contribution in [-0.4, -0.2) is 22.4 Å². The van der Waals surface area contributed by atoms with Crippen LogP contribution in [0, 0.1) is 40.4 Å². The van der Waals surface area contributed by atoms with Crippen molar-refractivity contribution in [2.24, 2.45) is 40.4 Å². The third-order valence-electron chi connectivity index (χ3n) is 9.98. The van der Waals surface area contributed by atoms with Gasteiger partial charge in [0, 0.05) is 0 Å². The van der Waals surface area contributed by atoms with Gasteiger partial charge in [-0.1, -0.05) is 45.8 Å². The van der Waals surface area contributed by atoms with E-state index in [0.717, 1.165) is 43.4 Å². The van der Waals surface area contributed by atoms with Crippen molar-refractivity contribution in [1.82, 2.24) is 0 Å². The number of hydrogen-bond donors (Lipinski definition) is 2. The van der Waals surface area contributed by atoms with Crippen LogP contribution in [-0.2, 0) is 0 Å². The standard InChI is InChI=1S/C25H42O2/c1-5-6-23(27)16(2)20-9-10-21-19-8-7-17-15-18(26)11-13-24(17,3)22(19)12-14-25(20,21)4/h7,16,18-23,26-27H,5-6,8-15H2,1-4H3/t16-,18-,19?,20?,21?,22?,23+,24-,25+/m0/s1. The molecule has 0 aliphatic heterocycles. The van der Waals surface area contributed by atoms with Gasteiger partial charge in [-0.3, -0.25) is 0 Å². The Kier molecular flexibility index (Phi) is 5.30. The zero-order valence-electron chi connectivity index (χ0n) is 18.1. The van der Waals surface area contributed by atoms with Crippen LogP contribution in [0.4, 0.5) is 0 Å². The molecule has 4 unspecified atom stereocenters. The maximum absolute atomic E-state index is 10.7. The molecule has 0 aromatic heterocycles. The molecule has 0 radical (unpaired) electrons. The van der Waals surface area contributed by atoms with E-state index in [2.05, 4.69) is 33.8 Å². The molecule has 2 nitrogen and oxygen atoms in total. The summed E-state index contributed by atoms with van der Waals surface area (Å²) in [5.41, 5.74) is 2.34. The van der Waals surface area contributed by atoms with E-state index in [9.17, 15) is 10.2 Å². The van der Waals surface area contributed by atoms with Gasteiger partial charge < -0.3 is 10.2 Å². The Hall–Kier alpha value is -0.340. The third kappa shape index (κ3) is 3.05. The third-order valence-corrected chi connectivity index (χ3v) is 9.98.